The van der Waals surface area contributed by atoms with Gasteiger partial charge in [-0.05, 0) is 36.4 Å². The van der Waals surface area contributed by atoms with Crippen LogP contribution in [0.3, 0.4) is 0 Å². The molecule has 0 radical (unpaired) electrons. The maximum atomic E-state index is 12.3. The summed E-state index contributed by atoms with van der Waals surface area (Å²) in [5.41, 5.74) is 0.987. The number of rotatable bonds is 6. The van der Waals surface area contributed by atoms with Gasteiger partial charge in [-0.2, -0.15) is 0 Å². The van der Waals surface area contributed by atoms with E-state index in [1.54, 1.807) is 24.5 Å². The Morgan fingerprint density at radius 3 is 2.80 bits per heavy atom. The molecule has 0 spiro atoms. The van der Waals surface area contributed by atoms with Crippen LogP contribution in [0, 0.1) is 0 Å². The molecule has 2 heterocycles. The minimum atomic E-state index is -0.155. The van der Waals surface area contributed by atoms with E-state index in [0.29, 0.717) is 19.8 Å². The number of carbonyl (C=O) groups excluding carboxylic acids is 1. The molecule has 25 heavy (non-hydrogen) atoms. The zero-order valence-electron chi connectivity index (χ0n) is 14.4. The van der Waals surface area contributed by atoms with Crippen LogP contribution in [0.15, 0.2) is 47.9 Å². The molecule has 1 aliphatic heterocycles. The van der Waals surface area contributed by atoms with Gasteiger partial charge in [0.25, 0.3) is 0 Å². The molecule has 0 aliphatic carbocycles. The lowest BCUT2D eigenvalue weighted by Crippen LogP contribution is -2.44. The molecule has 2 aromatic rings. The highest BCUT2D eigenvalue weighted by Crippen LogP contribution is 2.39. The Balaban J connectivity index is 1.74. The van der Waals surface area contributed by atoms with Crippen LogP contribution >= 0.6 is 11.3 Å². The van der Waals surface area contributed by atoms with Crippen LogP contribution in [-0.2, 0) is 14.9 Å². The molecule has 0 unspecified atom stereocenters. The monoisotopic (exact) mass is 357 g/mol. The number of amides is 1. The van der Waals surface area contributed by atoms with Crippen LogP contribution in [0.1, 0.15) is 23.3 Å². The van der Waals surface area contributed by atoms with Crippen molar-refractivity contribution >= 4 is 23.3 Å². The second-order valence-electron chi connectivity index (χ2n) is 6.16. The number of benzene rings is 1. The average molecular weight is 357 g/mol. The lowest BCUT2D eigenvalue weighted by atomic mass is 9.73. The first-order valence-electron chi connectivity index (χ1n) is 8.44. The van der Waals surface area contributed by atoms with E-state index >= 15 is 0 Å². The summed E-state index contributed by atoms with van der Waals surface area (Å²) in [6.07, 6.45) is 5.17. The number of para-hydroxylation sites is 1. The Bertz CT molecular complexity index is 718. The molecule has 1 saturated heterocycles. The molecule has 1 amide bonds. The van der Waals surface area contributed by atoms with Crippen molar-refractivity contribution in [1.82, 2.24) is 5.32 Å². The van der Waals surface area contributed by atoms with Crippen molar-refractivity contribution in [3.8, 4) is 5.75 Å². The summed E-state index contributed by atoms with van der Waals surface area (Å²) < 4.78 is 11.1. The molecule has 1 N–H and O–H groups in total. The fourth-order valence-electron chi connectivity index (χ4n) is 3.25. The molecule has 1 aromatic carbocycles. The van der Waals surface area contributed by atoms with Crippen molar-refractivity contribution in [3.63, 3.8) is 0 Å². The molecule has 0 atom stereocenters. The molecule has 1 aromatic heterocycles. The van der Waals surface area contributed by atoms with Gasteiger partial charge in [-0.1, -0.05) is 24.3 Å². The predicted molar refractivity (Wildman–Crippen MR) is 101 cm³/mol. The molecular formula is C20H23NO3S. The van der Waals surface area contributed by atoms with E-state index in [1.807, 2.05) is 41.8 Å². The van der Waals surface area contributed by atoms with Gasteiger partial charge < -0.3 is 14.8 Å². The molecule has 0 bridgehead atoms. The Hall–Kier alpha value is -2.11. The maximum Gasteiger partial charge on any atom is 0.244 e. The molecule has 132 valence electrons. The van der Waals surface area contributed by atoms with E-state index in [9.17, 15) is 4.79 Å². The zero-order valence-corrected chi connectivity index (χ0v) is 15.2. The number of hydrogen-bond acceptors (Lipinski definition) is 4. The average Bonchev–Trinajstić information content (AvgIpc) is 3.19. The molecule has 3 rings (SSSR count). The second-order valence-corrected chi connectivity index (χ2v) is 7.14. The predicted octanol–water partition coefficient (Wildman–Crippen LogP) is 3.63. The summed E-state index contributed by atoms with van der Waals surface area (Å²) in [7, 11) is 1.69. The topological polar surface area (TPSA) is 47.6 Å². The third-order valence-electron chi connectivity index (χ3n) is 4.67. The number of ether oxygens (including phenoxy) is 2. The highest BCUT2D eigenvalue weighted by atomic mass is 32.1. The van der Waals surface area contributed by atoms with E-state index in [0.717, 1.165) is 29.0 Å². The quantitative estimate of drug-likeness (QED) is 0.803. The molecule has 4 nitrogen and oxygen atoms in total. The number of carbonyl (C=O) groups is 1. The van der Waals surface area contributed by atoms with Gasteiger partial charge in [-0.15, -0.1) is 11.3 Å². The van der Waals surface area contributed by atoms with E-state index < -0.39 is 0 Å². The minimum absolute atomic E-state index is 0.0748. The summed E-state index contributed by atoms with van der Waals surface area (Å²) >= 11 is 1.61. The summed E-state index contributed by atoms with van der Waals surface area (Å²) in [6, 6.07) is 12.0. The zero-order chi connectivity index (χ0) is 17.5. The van der Waals surface area contributed by atoms with E-state index in [-0.39, 0.29) is 11.3 Å². The molecular weight excluding hydrogens is 334 g/mol. The first-order chi connectivity index (χ1) is 12.2. The fourth-order valence-corrected chi connectivity index (χ4v) is 3.86. The smallest absolute Gasteiger partial charge is 0.244 e. The molecule has 0 saturated carbocycles. The van der Waals surface area contributed by atoms with Gasteiger partial charge in [0.2, 0.25) is 5.91 Å². The van der Waals surface area contributed by atoms with Crippen molar-refractivity contribution in [2.75, 3.05) is 26.9 Å². The summed E-state index contributed by atoms with van der Waals surface area (Å²) in [4.78, 5) is 13.3. The van der Waals surface area contributed by atoms with E-state index in [2.05, 4.69) is 11.4 Å². The largest absolute Gasteiger partial charge is 0.496 e. The first kappa shape index (κ1) is 17.7. The third kappa shape index (κ3) is 4.30. The molecule has 5 heteroatoms. The number of nitrogens with one attached hydrogen (secondary N) is 1. The van der Waals surface area contributed by atoms with Crippen LogP contribution < -0.4 is 10.1 Å². The third-order valence-corrected chi connectivity index (χ3v) is 5.51. The summed E-state index contributed by atoms with van der Waals surface area (Å²) in [6.45, 7) is 1.96. The fraction of sp³-hybridized carbons (Fsp3) is 0.350. The van der Waals surface area contributed by atoms with Crippen molar-refractivity contribution in [1.29, 1.82) is 0 Å². The van der Waals surface area contributed by atoms with Crippen molar-refractivity contribution < 1.29 is 14.3 Å². The first-order valence-corrected chi connectivity index (χ1v) is 9.32. The van der Waals surface area contributed by atoms with E-state index in [4.69, 9.17) is 9.47 Å². The van der Waals surface area contributed by atoms with Crippen molar-refractivity contribution in [2.24, 2.45) is 0 Å². The van der Waals surface area contributed by atoms with Crippen LogP contribution in [0.2, 0.25) is 0 Å². The molecule has 1 aliphatic rings. The SMILES string of the molecule is COc1ccccc1C1(CNC(=O)C=Cc2cccs2)CCOCC1. The van der Waals surface area contributed by atoms with Gasteiger partial charge in [0.05, 0.1) is 7.11 Å². The Morgan fingerprint density at radius 2 is 2.08 bits per heavy atom. The number of thiophene rings is 1. The summed E-state index contributed by atoms with van der Waals surface area (Å²) in [5, 5.41) is 5.07. The lowest BCUT2D eigenvalue weighted by Gasteiger charge is -2.38. The normalized spacial score (nSPS) is 16.7. The number of methoxy groups -OCH3 is 1. The van der Waals surface area contributed by atoms with Gasteiger partial charge in [0.1, 0.15) is 5.75 Å². The van der Waals surface area contributed by atoms with Gasteiger partial charge in [-0.3, -0.25) is 4.79 Å². The van der Waals surface area contributed by atoms with Gasteiger partial charge in [0, 0.05) is 41.7 Å². The Morgan fingerprint density at radius 1 is 1.28 bits per heavy atom. The highest BCUT2D eigenvalue weighted by molar-refractivity contribution is 7.10. The van der Waals surface area contributed by atoms with Gasteiger partial charge in [-0.25, -0.2) is 0 Å². The van der Waals surface area contributed by atoms with Crippen LogP contribution in [0.5, 0.6) is 5.75 Å². The van der Waals surface area contributed by atoms with E-state index in [1.165, 1.54) is 0 Å². The number of hydrogen-bond donors (Lipinski definition) is 1. The Kier molecular flexibility index (Phi) is 5.89. The van der Waals surface area contributed by atoms with Crippen molar-refractivity contribution in [3.05, 3.63) is 58.3 Å². The second kappa shape index (κ2) is 8.32. The highest BCUT2D eigenvalue weighted by Gasteiger charge is 2.36. The maximum absolute atomic E-state index is 12.3. The van der Waals surface area contributed by atoms with Crippen LogP contribution in [0.25, 0.3) is 6.08 Å². The lowest BCUT2D eigenvalue weighted by molar-refractivity contribution is -0.116. The minimum Gasteiger partial charge on any atom is -0.496 e. The Labute approximate surface area is 152 Å². The standard InChI is InChI=1S/C20H23NO3S/c1-23-18-7-3-2-6-17(18)20(10-12-24-13-11-20)15-21-19(22)9-8-16-5-4-14-25-16/h2-9,14H,10-13,15H2,1H3,(H,21,22). The van der Waals surface area contributed by atoms with Gasteiger partial charge >= 0.3 is 0 Å². The van der Waals surface area contributed by atoms with Gasteiger partial charge in [0.15, 0.2) is 0 Å². The van der Waals surface area contributed by atoms with Crippen molar-refractivity contribution in [2.45, 2.75) is 18.3 Å². The molecule has 1 fully saturated rings. The summed E-state index contributed by atoms with van der Waals surface area (Å²) in [5.74, 6) is 0.793. The van der Waals surface area contributed by atoms with Crippen LogP contribution in [0.4, 0.5) is 0 Å². The van der Waals surface area contributed by atoms with Crippen LogP contribution in [-0.4, -0.2) is 32.8 Å².